The minimum Gasteiger partial charge on any atom is -0.494 e. The van der Waals surface area contributed by atoms with Crippen molar-refractivity contribution >= 4 is 74.4 Å². The second kappa shape index (κ2) is 21.5. The first kappa shape index (κ1) is 47.8. The summed E-state index contributed by atoms with van der Waals surface area (Å²) < 4.78 is 33.8. The van der Waals surface area contributed by atoms with Gasteiger partial charge in [0.2, 0.25) is 11.9 Å². The van der Waals surface area contributed by atoms with Crippen LogP contribution in [0.15, 0.2) is 67.1 Å². The molecule has 0 bridgehead atoms. The third-order valence-corrected chi connectivity index (χ3v) is 13.8. The van der Waals surface area contributed by atoms with Crippen LogP contribution in [0.25, 0.3) is 32.6 Å². The molecule has 6 aromatic rings. The number of nitrogen functional groups attached to an aromatic ring is 2. The number of thiophene rings is 1. The van der Waals surface area contributed by atoms with Gasteiger partial charge < -0.3 is 40.8 Å². The Morgan fingerprint density at radius 3 is 2.51 bits per heavy atom. The average Bonchev–Trinajstić information content (AvgIpc) is 4.02. The van der Waals surface area contributed by atoms with E-state index in [1.807, 2.05) is 47.0 Å². The Kier molecular flexibility index (Phi) is 15.1. The first-order chi connectivity index (χ1) is 32.9. The number of nitrogens with zero attached hydrogens (tertiary/aromatic N) is 7. The van der Waals surface area contributed by atoms with Gasteiger partial charge in [0.1, 0.15) is 23.0 Å². The molecule has 2 aliphatic heterocycles. The molecule has 354 valence electrons. The van der Waals surface area contributed by atoms with Gasteiger partial charge >= 0.3 is 6.09 Å². The van der Waals surface area contributed by atoms with Gasteiger partial charge in [-0.25, -0.2) is 24.1 Å². The highest BCUT2D eigenvalue weighted by molar-refractivity contribution is 7.20. The highest BCUT2D eigenvalue weighted by Crippen LogP contribution is 2.38. The zero-order valence-corrected chi connectivity index (χ0v) is 39.5. The molecule has 0 spiro atoms. The number of terminal acetylenes is 1. The van der Waals surface area contributed by atoms with E-state index in [4.69, 9.17) is 55.3 Å². The van der Waals surface area contributed by atoms with Crippen LogP contribution in [0.5, 0.6) is 11.5 Å². The molecular weight excluding hydrogens is 935 g/mol. The lowest BCUT2D eigenvalue weighted by molar-refractivity contribution is -0.133. The fraction of sp³-hybridized carbons (Fsp3) is 0.354. The number of carbonyl (C=O) groups is 3. The molecule has 3 amide bonds. The Labute approximate surface area is 406 Å². The minimum absolute atomic E-state index is 0.00750. The van der Waals surface area contributed by atoms with E-state index in [0.717, 1.165) is 41.8 Å². The van der Waals surface area contributed by atoms with Gasteiger partial charge in [0.25, 0.3) is 5.91 Å². The number of nitrogens with one attached hydrogen (secondary N) is 1. The first-order valence-corrected chi connectivity index (χ1v) is 23.8. The van der Waals surface area contributed by atoms with Gasteiger partial charge in [0.15, 0.2) is 17.7 Å². The number of benzene rings is 2. The lowest BCUT2D eigenvalue weighted by Crippen LogP contribution is -2.41. The third-order valence-electron chi connectivity index (χ3n) is 12.0. The lowest BCUT2D eigenvalue weighted by Gasteiger charge is -2.32. The number of likely N-dealkylation sites (tertiary alicyclic amines) is 2. The van der Waals surface area contributed by atoms with E-state index in [1.54, 1.807) is 29.4 Å². The van der Waals surface area contributed by atoms with Crippen molar-refractivity contribution in [2.75, 3.05) is 57.4 Å². The number of amides is 3. The van der Waals surface area contributed by atoms with Crippen molar-refractivity contribution < 1.29 is 33.0 Å². The zero-order valence-electron chi connectivity index (χ0n) is 37.1. The van der Waals surface area contributed by atoms with Crippen molar-refractivity contribution in [2.24, 2.45) is 5.92 Å². The maximum atomic E-state index is 14.2. The summed E-state index contributed by atoms with van der Waals surface area (Å²) in [6.45, 7) is 5.11. The van der Waals surface area contributed by atoms with Crippen LogP contribution in [-0.4, -0.2) is 98.4 Å². The van der Waals surface area contributed by atoms with Gasteiger partial charge in [-0.2, -0.15) is 5.10 Å². The van der Waals surface area contributed by atoms with Crippen LogP contribution in [0.3, 0.4) is 0 Å². The molecular formula is C48H49Cl2FN10O6S. The molecule has 20 heteroatoms. The van der Waals surface area contributed by atoms with Gasteiger partial charge in [-0.05, 0) is 81.3 Å². The number of fused-ring (bicyclic) bond motifs is 1. The smallest absolute Gasteiger partial charge is 0.409 e. The molecule has 0 radical (unpaired) electrons. The van der Waals surface area contributed by atoms with Crippen molar-refractivity contribution in [1.82, 2.24) is 39.8 Å². The lowest BCUT2D eigenvalue weighted by atomic mass is 9.94. The third kappa shape index (κ3) is 11.0. The van der Waals surface area contributed by atoms with Crippen molar-refractivity contribution in [3.05, 3.63) is 93.4 Å². The zero-order chi connectivity index (χ0) is 47.9. The number of halogens is 3. The van der Waals surface area contributed by atoms with Gasteiger partial charge in [0, 0.05) is 72.8 Å². The number of pyridine rings is 1. The summed E-state index contributed by atoms with van der Waals surface area (Å²) in [6.07, 6.45) is 13.3. The van der Waals surface area contributed by atoms with Crippen LogP contribution in [0, 0.1) is 24.1 Å². The molecule has 0 unspecified atom stereocenters. The summed E-state index contributed by atoms with van der Waals surface area (Å²) in [5, 5.41) is 8.05. The number of hydrogen-bond donors (Lipinski definition) is 3. The number of hydrogen-bond acceptors (Lipinski definition) is 13. The number of carbonyl (C=O) groups excluding carboxylic acids is 3. The molecule has 1 atom stereocenters. The standard InChI is InChI=1S/C48H49Cl2FN10O6S/c1-3-37(41-35(49)8-9-36(51)42(41)50)67-38-23-30(25-55-44(38)52)31-26-56-61(27-31)32-12-18-60(19-13-32)48(64)66-21-15-40(62)59-16-10-28(11-17-59)14-20-65-33-7-5-6-29(22-33)43-34-24-39(45(63)54-4-2)68-46(34)58-47(53)57-43/h1,5-9,22-28,32,37H,4,10-21H2,2H3,(H2,52,55)(H,54,63)(H2,53,57,58)/t37-/m1/s1. The van der Waals surface area contributed by atoms with Gasteiger partial charge in [-0.15, -0.1) is 17.8 Å². The van der Waals surface area contributed by atoms with Crippen molar-refractivity contribution in [3.8, 4) is 46.2 Å². The molecule has 8 rings (SSSR count). The molecule has 6 heterocycles. The minimum atomic E-state index is -1.14. The summed E-state index contributed by atoms with van der Waals surface area (Å²) in [5.41, 5.74) is 15.1. The summed E-state index contributed by atoms with van der Waals surface area (Å²) in [6, 6.07) is 13.6. The largest absolute Gasteiger partial charge is 0.494 e. The normalized spacial score (nSPS) is 14.9. The Hall–Kier alpha value is -6.68. The molecule has 16 nitrogen and oxygen atoms in total. The molecule has 0 aliphatic carbocycles. The van der Waals surface area contributed by atoms with Crippen LogP contribution in [-0.2, 0) is 9.53 Å². The average molecular weight is 984 g/mol. The van der Waals surface area contributed by atoms with Gasteiger partial charge in [-0.1, -0.05) is 41.3 Å². The number of piperidine rings is 2. The molecule has 2 aliphatic rings. The Bertz CT molecular complexity index is 2860. The van der Waals surface area contributed by atoms with E-state index >= 15 is 0 Å². The van der Waals surface area contributed by atoms with Crippen LogP contribution in [0.2, 0.25) is 10.0 Å². The topological polar surface area (TPSA) is 206 Å². The SMILES string of the molecule is C#C[C@@H](Oc1cc(-c2cnn(C3CCN(C(=O)OCCC(=O)N4CCC(CCOc5cccc(-c6nc(N)nc7sc(C(=O)NCC)cc67)c5)CC4)CC3)c2)cnc1N)c1c(Cl)ccc(F)c1Cl. The molecule has 4 aromatic heterocycles. The van der Waals surface area contributed by atoms with E-state index in [9.17, 15) is 18.8 Å². The second-order valence-electron chi connectivity index (χ2n) is 16.4. The maximum absolute atomic E-state index is 14.2. The summed E-state index contributed by atoms with van der Waals surface area (Å²) in [4.78, 5) is 56.3. The van der Waals surface area contributed by atoms with Crippen molar-refractivity contribution in [3.63, 3.8) is 0 Å². The summed E-state index contributed by atoms with van der Waals surface area (Å²) in [5.74, 6) is 3.02. The highest BCUT2D eigenvalue weighted by atomic mass is 35.5. The van der Waals surface area contributed by atoms with E-state index in [1.165, 1.54) is 17.4 Å². The predicted molar refractivity (Wildman–Crippen MR) is 259 cm³/mol. The van der Waals surface area contributed by atoms with Crippen LogP contribution in [0.1, 0.15) is 72.8 Å². The van der Waals surface area contributed by atoms with Gasteiger partial charge in [0.05, 0.1) is 45.9 Å². The monoisotopic (exact) mass is 982 g/mol. The van der Waals surface area contributed by atoms with Crippen LogP contribution >= 0.6 is 34.5 Å². The van der Waals surface area contributed by atoms with Crippen molar-refractivity contribution in [1.29, 1.82) is 0 Å². The van der Waals surface area contributed by atoms with E-state index in [-0.39, 0.29) is 64.0 Å². The number of rotatable bonds is 15. The first-order valence-electron chi connectivity index (χ1n) is 22.2. The van der Waals surface area contributed by atoms with E-state index < -0.39 is 18.0 Å². The molecule has 2 aromatic carbocycles. The number of anilines is 2. The maximum Gasteiger partial charge on any atom is 0.409 e. The predicted octanol–water partition coefficient (Wildman–Crippen LogP) is 8.60. The Balaban J connectivity index is 0.744. The second-order valence-corrected chi connectivity index (χ2v) is 18.2. The van der Waals surface area contributed by atoms with Crippen molar-refractivity contribution in [2.45, 2.75) is 57.6 Å². The fourth-order valence-electron chi connectivity index (χ4n) is 8.33. The number of ether oxygens (including phenoxy) is 3. The van der Waals surface area contributed by atoms with E-state index in [0.29, 0.717) is 84.8 Å². The van der Waals surface area contributed by atoms with Crippen LogP contribution < -0.4 is 26.3 Å². The fourth-order valence-corrected chi connectivity index (χ4v) is 9.86. The molecule has 2 fully saturated rings. The van der Waals surface area contributed by atoms with Gasteiger partial charge in [-0.3, -0.25) is 14.3 Å². The Morgan fingerprint density at radius 1 is 0.971 bits per heavy atom. The summed E-state index contributed by atoms with van der Waals surface area (Å²) >= 11 is 13.7. The molecule has 0 saturated carbocycles. The molecule has 2 saturated heterocycles. The number of aromatic nitrogens is 5. The highest BCUT2D eigenvalue weighted by Gasteiger charge is 2.28. The summed E-state index contributed by atoms with van der Waals surface area (Å²) in [7, 11) is 0. The van der Waals surface area contributed by atoms with Crippen LogP contribution in [0.4, 0.5) is 21.0 Å². The molecule has 5 N–H and O–H groups in total. The Morgan fingerprint density at radius 2 is 1.75 bits per heavy atom. The number of nitrogens with two attached hydrogens (primary N) is 2. The molecule has 68 heavy (non-hydrogen) atoms. The quantitative estimate of drug-likeness (QED) is 0.0654. The van der Waals surface area contributed by atoms with E-state index in [2.05, 4.69) is 31.3 Å².